The van der Waals surface area contributed by atoms with Gasteiger partial charge in [-0.3, -0.25) is 0 Å². The molecule has 3 aromatic carbocycles. The molecule has 0 nitrogen and oxygen atoms in total. The van der Waals surface area contributed by atoms with E-state index < -0.39 is 7.26 Å². The maximum atomic E-state index is 2.52. The zero-order chi connectivity index (χ0) is 18.1. The van der Waals surface area contributed by atoms with E-state index in [4.69, 9.17) is 0 Å². The number of rotatable bonds is 3. The molecule has 0 radical (unpaired) electrons. The van der Waals surface area contributed by atoms with Crippen LogP contribution in [0.1, 0.15) is 42.9 Å². The number of fused-ring (bicyclic) bond motifs is 1. The summed E-state index contributed by atoms with van der Waals surface area (Å²) in [4.78, 5) is 0. The minimum absolute atomic E-state index is 0.632. The van der Waals surface area contributed by atoms with Crippen molar-refractivity contribution in [3.63, 3.8) is 0 Å². The van der Waals surface area contributed by atoms with E-state index in [1.54, 1.807) is 21.7 Å². The third-order valence-corrected chi connectivity index (χ3v) is 11.3. The Kier molecular flexibility index (Phi) is 4.72. The molecule has 132 valence electrons. The molecular formula is C25H28P+. The molecule has 1 aliphatic rings. The van der Waals surface area contributed by atoms with Crippen molar-refractivity contribution < 1.29 is 0 Å². The standard InChI is InChI=1S/C25H28P/c1-4-24-20(3)26(22-11-7-5-8-12-22,23-13-9-6-10-14-23)18-21-17-19(2)15-16-25(21)24/h5-17,20,24H,4,18H2,1-3H3/q+1. The quantitative estimate of drug-likeness (QED) is 0.499. The molecular weight excluding hydrogens is 331 g/mol. The SMILES string of the molecule is CCC1c2ccc(C)cc2C[P+](c2ccccc2)(c2ccccc2)C1C. The van der Waals surface area contributed by atoms with Gasteiger partial charge < -0.3 is 0 Å². The van der Waals surface area contributed by atoms with E-state index in [1.165, 1.54) is 18.1 Å². The normalized spacial score (nSPS) is 21.2. The van der Waals surface area contributed by atoms with Crippen molar-refractivity contribution in [2.24, 2.45) is 0 Å². The molecule has 1 heterocycles. The Bertz CT molecular complexity index is 843. The van der Waals surface area contributed by atoms with Crippen LogP contribution in [0.5, 0.6) is 0 Å². The van der Waals surface area contributed by atoms with Crippen molar-refractivity contribution in [1.82, 2.24) is 0 Å². The van der Waals surface area contributed by atoms with Crippen LogP contribution in [0.25, 0.3) is 0 Å². The molecule has 0 saturated heterocycles. The Morgan fingerprint density at radius 1 is 0.846 bits per heavy atom. The average Bonchev–Trinajstić information content (AvgIpc) is 2.69. The largest absolute Gasteiger partial charge is 0.0998 e. The molecule has 4 rings (SSSR count). The summed E-state index contributed by atoms with van der Waals surface area (Å²) in [6.07, 6.45) is 2.40. The van der Waals surface area contributed by atoms with Gasteiger partial charge in [-0.15, -0.1) is 0 Å². The van der Waals surface area contributed by atoms with Crippen molar-refractivity contribution in [2.45, 2.75) is 44.9 Å². The zero-order valence-corrected chi connectivity index (χ0v) is 16.9. The maximum absolute atomic E-state index is 2.52. The predicted octanol–water partition coefficient (Wildman–Crippen LogP) is 6.06. The zero-order valence-electron chi connectivity index (χ0n) is 16.0. The lowest BCUT2D eigenvalue weighted by atomic mass is 9.89. The highest BCUT2D eigenvalue weighted by molar-refractivity contribution is 7.89. The first-order valence-electron chi connectivity index (χ1n) is 9.75. The fourth-order valence-corrected chi connectivity index (χ4v) is 10.1. The summed E-state index contributed by atoms with van der Waals surface area (Å²) in [5, 5.41) is 3.12. The van der Waals surface area contributed by atoms with Gasteiger partial charge in [0.25, 0.3) is 0 Å². The lowest BCUT2D eigenvalue weighted by Gasteiger charge is -2.42. The van der Waals surface area contributed by atoms with Crippen LogP contribution in [-0.4, -0.2) is 5.66 Å². The van der Waals surface area contributed by atoms with E-state index in [2.05, 4.69) is 99.6 Å². The highest BCUT2D eigenvalue weighted by Crippen LogP contribution is 2.69. The van der Waals surface area contributed by atoms with Crippen LogP contribution in [0.2, 0.25) is 0 Å². The molecule has 0 spiro atoms. The molecule has 0 aromatic heterocycles. The molecule has 1 heteroatoms. The first-order valence-corrected chi connectivity index (χ1v) is 11.8. The molecule has 0 amide bonds. The molecule has 1 aliphatic heterocycles. The van der Waals surface area contributed by atoms with Crippen LogP contribution < -0.4 is 10.6 Å². The summed E-state index contributed by atoms with van der Waals surface area (Å²) < 4.78 is 0. The molecule has 3 aromatic rings. The fraction of sp³-hybridized carbons (Fsp3) is 0.280. The highest BCUT2D eigenvalue weighted by Gasteiger charge is 2.54. The first kappa shape index (κ1) is 17.5. The summed E-state index contributed by atoms with van der Waals surface area (Å²) in [6.45, 7) is 7.11. The summed E-state index contributed by atoms with van der Waals surface area (Å²) in [6, 6.07) is 29.8. The summed E-state index contributed by atoms with van der Waals surface area (Å²) in [7, 11) is -1.51. The maximum Gasteiger partial charge on any atom is 0.0998 e. The van der Waals surface area contributed by atoms with Gasteiger partial charge >= 0.3 is 0 Å². The monoisotopic (exact) mass is 359 g/mol. The van der Waals surface area contributed by atoms with Gasteiger partial charge in [0.15, 0.2) is 0 Å². The van der Waals surface area contributed by atoms with Crippen molar-refractivity contribution in [2.75, 3.05) is 0 Å². The Labute approximate surface area is 158 Å². The van der Waals surface area contributed by atoms with Crippen LogP contribution in [0.15, 0.2) is 78.9 Å². The van der Waals surface area contributed by atoms with Gasteiger partial charge in [-0.2, -0.15) is 0 Å². The van der Waals surface area contributed by atoms with E-state index in [9.17, 15) is 0 Å². The third-order valence-electron chi connectivity index (χ3n) is 6.27. The first-order chi connectivity index (χ1) is 12.7. The van der Waals surface area contributed by atoms with Crippen LogP contribution in [0, 0.1) is 6.92 Å². The number of benzene rings is 3. The van der Waals surface area contributed by atoms with Gasteiger partial charge in [0.1, 0.15) is 0 Å². The van der Waals surface area contributed by atoms with Crippen LogP contribution in [-0.2, 0) is 6.16 Å². The Morgan fingerprint density at radius 2 is 1.42 bits per heavy atom. The van der Waals surface area contributed by atoms with E-state index >= 15 is 0 Å². The second-order valence-electron chi connectivity index (χ2n) is 7.66. The highest BCUT2D eigenvalue weighted by atomic mass is 31.2. The Hall–Kier alpha value is -1.91. The molecule has 0 bridgehead atoms. The van der Waals surface area contributed by atoms with Gasteiger partial charge in [-0.05, 0) is 55.7 Å². The molecule has 2 atom stereocenters. The number of hydrogen-bond acceptors (Lipinski definition) is 0. The molecule has 0 fully saturated rings. The van der Waals surface area contributed by atoms with E-state index in [0.29, 0.717) is 11.6 Å². The number of aryl methyl sites for hydroxylation is 1. The van der Waals surface area contributed by atoms with Crippen LogP contribution in [0.4, 0.5) is 0 Å². The van der Waals surface area contributed by atoms with E-state index in [0.717, 1.165) is 0 Å². The second kappa shape index (κ2) is 7.01. The topological polar surface area (TPSA) is 0 Å². The van der Waals surface area contributed by atoms with Crippen molar-refractivity contribution >= 4 is 17.9 Å². The minimum atomic E-state index is -1.51. The summed E-state index contributed by atoms with van der Waals surface area (Å²) in [5.41, 5.74) is 5.21. The molecule has 0 N–H and O–H groups in total. The lowest BCUT2D eigenvalue weighted by molar-refractivity contribution is 0.631. The van der Waals surface area contributed by atoms with Gasteiger partial charge in [0.2, 0.25) is 0 Å². The van der Waals surface area contributed by atoms with Crippen molar-refractivity contribution in [3.05, 3.63) is 95.6 Å². The van der Waals surface area contributed by atoms with Gasteiger partial charge in [0, 0.05) is 5.92 Å². The predicted molar refractivity (Wildman–Crippen MR) is 116 cm³/mol. The van der Waals surface area contributed by atoms with E-state index in [1.807, 2.05) is 0 Å². The molecule has 0 saturated carbocycles. The third kappa shape index (κ3) is 2.72. The number of hydrogen-bond donors (Lipinski definition) is 0. The van der Waals surface area contributed by atoms with Crippen LogP contribution in [0.3, 0.4) is 0 Å². The van der Waals surface area contributed by atoms with Crippen molar-refractivity contribution in [3.8, 4) is 0 Å². The summed E-state index contributed by atoms with van der Waals surface area (Å²) in [5.74, 6) is 0.632. The summed E-state index contributed by atoms with van der Waals surface area (Å²) >= 11 is 0. The van der Waals surface area contributed by atoms with Crippen LogP contribution >= 0.6 is 7.26 Å². The van der Waals surface area contributed by atoms with Gasteiger partial charge in [0.05, 0.1) is 29.7 Å². The molecule has 0 aliphatic carbocycles. The van der Waals surface area contributed by atoms with Gasteiger partial charge in [-0.25, -0.2) is 0 Å². The smallest absolute Gasteiger partial charge is 0.0646 e. The molecule has 2 unspecified atom stereocenters. The lowest BCUT2D eigenvalue weighted by Crippen LogP contribution is -2.38. The minimum Gasteiger partial charge on any atom is -0.0646 e. The average molecular weight is 359 g/mol. The van der Waals surface area contributed by atoms with Crippen molar-refractivity contribution in [1.29, 1.82) is 0 Å². The molecule has 26 heavy (non-hydrogen) atoms. The second-order valence-corrected chi connectivity index (χ2v) is 11.6. The van der Waals surface area contributed by atoms with Gasteiger partial charge in [-0.1, -0.05) is 67.1 Å². The Balaban J connectivity index is 2.00. The van der Waals surface area contributed by atoms with E-state index in [-0.39, 0.29) is 0 Å². The fourth-order valence-electron chi connectivity index (χ4n) is 4.96. The Morgan fingerprint density at radius 3 is 1.96 bits per heavy atom.